The van der Waals surface area contributed by atoms with Gasteiger partial charge in [-0.2, -0.15) is 0 Å². The van der Waals surface area contributed by atoms with E-state index in [4.69, 9.17) is 20.9 Å². The molecule has 2 aromatic carbocycles. The average molecular weight is 301 g/mol. The monoisotopic (exact) mass is 300 g/mol. The van der Waals surface area contributed by atoms with Crippen molar-refractivity contribution >= 4 is 11.6 Å². The Hall–Kier alpha value is -2.53. The smallest absolute Gasteiger partial charge is 0.446 e. The molecular weight excluding hydrogens is 292 g/mol. The second kappa shape index (κ2) is 4.49. The summed E-state index contributed by atoms with van der Waals surface area (Å²) in [6.45, 7) is 0.221. The molecule has 21 heavy (non-hydrogen) atoms. The van der Waals surface area contributed by atoms with Crippen molar-refractivity contribution in [1.82, 2.24) is 9.72 Å². The summed E-state index contributed by atoms with van der Waals surface area (Å²) in [5.41, 5.74) is 2.59. The lowest BCUT2D eigenvalue weighted by Gasteiger charge is -2.18. The Morgan fingerprint density at radius 1 is 1.10 bits per heavy atom. The SMILES string of the molecule is O=c1onc2n1-c1cc(-c3ccc(Cl)cc3)ccc1OC2. The van der Waals surface area contributed by atoms with Crippen LogP contribution in [-0.4, -0.2) is 9.72 Å². The normalized spacial score (nSPS) is 12.4. The minimum Gasteiger partial charge on any atom is -0.483 e. The van der Waals surface area contributed by atoms with Crippen LogP contribution >= 0.6 is 11.6 Å². The van der Waals surface area contributed by atoms with Crippen LogP contribution in [0.15, 0.2) is 51.8 Å². The third-order valence-electron chi connectivity index (χ3n) is 3.40. The van der Waals surface area contributed by atoms with Gasteiger partial charge < -0.3 is 4.74 Å². The van der Waals surface area contributed by atoms with Gasteiger partial charge in [0.1, 0.15) is 5.75 Å². The lowest BCUT2D eigenvalue weighted by atomic mass is 10.0. The van der Waals surface area contributed by atoms with Crippen LogP contribution in [0, 0.1) is 0 Å². The maximum atomic E-state index is 11.8. The van der Waals surface area contributed by atoms with Crippen LogP contribution in [0.3, 0.4) is 0 Å². The third kappa shape index (κ3) is 1.94. The van der Waals surface area contributed by atoms with E-state index in [0.29, 0.717) is 22.3 Å². The molecule has 0 saturated heterocycles. The summed E-state index contributed by atoms with van der Waals surface area (Å²) in [5.74, 6) is 0.578. The molecule has 0 bridgehead atoms. The third-order valence-corrected chi connectivity index (χ3v) is 3.66. The maximum absolute atomic E-state index is 11.8. The van der Waals surface area contributed by atoms with Crippen LogP contribution in [0.1, 0.15) is 5.82 Å². The molecule has 0 aliphatic carbocycles. The second-order valence-corrected chi connectivity index (χ2v) is 5.11. The summed E-state index contributed by atoms with van der Waals surface area (Å²) in [6, 6.07) is 13.1. The Labute approximate surface area is 124 Å². The van der Waals surface area contributed by atoms with Crippen molar-refractivity contribution in [3.05, 3.63) is 63.9 Å². The Bertz CT molecular complexity index is 881. The van der Waals surface area contributed by atoms with Gasteiger partial charge in [-0.05, 0) is 35.4 Å². The first-order valence-electron chi connectivity index (χ1n) is 6.33. The summed E-state index contributed by atoms with van der Waals surface area (Å²) in [6.07, 6.45) is 0. The van der Waals surface area contributed by atoms with E-state index in [0.717, 1.165) is 11.1 Å². The largest absolute Gasteiger partial charge is 0.483 e. The predicted octanol–water partition coefficient (Wildman–Crippen LogP) is 3.04. The highest BCUT2D eigenvalue weighted by molar-refractivity contribution is 6.30. The topological polar surface area (TPSA) is 57.3 Å². The highest BCUT2D eigenvalue weighted by atomic mass is 35.5. The van der Waals surface area contributed by atoms with E-state index in [1.54, 1.807) is 0 Å². The number of ether oxygens (including phenoxy) is 1. The summed E-state index contributed by atoms with van der Waals surface area (Å²) >= 11 is 5.90. The molecule has 3 aromatic rings. The molecule has 0 spiro atoms. The first-order chi connectivity index (χ1) is 10.2. The molecule has 0 amide bonds. The minimum atomic E-state index is -0.511. The minimum absolute atomic E-state index is 0.221. The summed E-state index contributed by atoms with van der Waals surface area (Å²) in [4.78, 5) is 11.8. The molecule has 6 heteroatoms. The van der Waals surface area contributed by atoms with E-state index in [1.165, 1.54) is 4.57 Å². The first-order valence-corrected chi connectivity index (χ1v) is 6.71. The van der Waals surface area contributed by atoms with Crippen LogP contribution in [-0.2, 0) is 6.61 Å². The highest BCUT2D eigenvalue weighted by Gasteiger charge is 2.22. The van der Waals surface area contributed by atoms with Crippen molar-refractivity contribution < 1.29 is 9.26 Å². The Kier molecular flexibility index (Phi) is 2.62. The van der Waals surface area contributed by atoms with Gasteiger partial charge in [-0.1, -0.05) is 35.0 Å². The van der Waals surface area contributed by atoms with Gasteiger partial charge in [-0.25, -0.2) is 9.36 Å². The van der Waals surface area contributed by atoms with Gasteiger partial charge in [-0.15, -0.1) is 0 Å². The molecule has 0 unspecified atom stereocenters. The van der Waals surface area contributed by atoms with Crippen LogP contribution in [0.25, 0.3) is 16.8 Å². The summed E-state index contributed by atoms with van der Waals surface area (Å²) in [5, 5.41) is 4.38. The van der Waals surface area contributed by atoms with Gasteiger partial charge in [0.25, 0.3) is 0 Å². The van der Waals surface area contributed by atoms with Gasteiger partial charge in [-0.3, -0.25) is 4.52 Å². The number of nitrogens with zero attached hydrogens (tertiary/aromatic N) is 2. The fraction of sp³-hybridized carbons (Fsp3) is 0.0667. The number of rotatable bonds is 1. The van der Waals surface area contributed by atoms with Crippen LogP contribution in [0.5, 0.6) is 5.75 Å². The van der Waals surface area contributed by atoms with Crippen molar-refractivity contribution in [2.24, 2.45) is 0 Å². The molecule has 0 fully saturated rings. The zero-order valence-electron chi connectivity index (χ0n) is 10.7. The molecular formula is C15H9ClN2O3. The fourth-order valence-electron chi connectivity index (χ4n) is 2.39. The van der Waals surface area contributed by atoms with Crippen molar-refractivity contribution in [1.29, 1.82) is 0 Å². The molecule has 0 radical (unpaired) electrons. The molecule has 0 N–H and O–H groups in total. The molecule has 4 rings (SSSR count). The maximum Gasteiger partial charge on any atom is 0.446 e. The Balaban J connectivity index is 1.90. The Morgan fingerprint density at radius 3 is 2.67 bits per heavy atom. The zero-order chi connectivity index (χ0) is 14.4. The number of fused-ring (bicyclic) bond motifs is 3. The lowest BCUT2D eigenvalue weighted by molar-refractivity contribution is 0.274. The summed E-state index contributed by atoms with van der Waals surface area (Å²) < 4.78 is 11.7. The lowest BCUT2D eigenvalue weighted by Crippen LogP contribution is -2.21. The van der Waals surface area contributed by atoms with E-state index >= 15 is 0 Å². The van der Waals surface area contributed by atoms with E-state index in [2.05, 4.69) is 5.16 Å². The van der Waals surface area contributed by atoms with Crippen molar-refractivity contribution in [2.75, 3.05) is 0 Å². The highest BCUT2D eigenvalue weighted by Crippen LogP contribution is 2.32. The second-order valence-electron chi connectivity index (χ2n) is 4.68. The van der Waals surface area contributed by atoms with E-state index in [9.17, 15) is 4.79 Å². The van der Waals surface area contributed by atoms with Gasteiger partial charge >= 0.3 is 5.76 Å². The average Bonchev–Trinajstić information content (AvgIpc) is 2.89. The number of benzene rings is 2. The van der Waals surface area contributed by atoms with Crippen LogP contribution in [0.2, 0.25) is 5.02 Å². The fourth-order valence-corrected chi connectivity index (χ4v) is 2.51. The standard InChI is InChI=1S/C15H9ClN2O3/c16-11-4-1-9(2-5-11)10-3-6-13-12(7-10)18-14(8-20-13)17-21-15(18)19/h1-7H,8H2. The zero-order valence-corrected chi connectivity index (χ0v) is 11.5. The molecule has 0 saturated carbocycles. The van der Waals surface area contributed by atoms with Gasteiger partial charge in [0.05, 0.1) is 5.69 Å². The molecule has 1 aliphatic heterocycles. The Morgan fingerprint density at radius 2 is 1.86 bits per heavy atom. The molecule has 1 aromatic heterocycles. The van der Waals surface area contributed by atoms with E-state index in [1.807, 2.05) is 42.5 Å². The molecule has 0 atom stereocenters. The first kappa shape index (κ1) is 12.2. The van der Waals surface area contributed by atoms with Crippen molar-refractivity contribution in [3.63, 3.8) is 0 Å². The number of hydrogen-bond donors (Lipinski definition) is 0. The van der Waals surface area contributed by atoms with Crippen LogP contribution in [0.4, 0.5) is 0 Å². The van der Waals surface area contributed by atoms with Crippen LogP contribution < -0.4 is 10.5 Å². The number of aromatic nitrogens is 2. The van der Waals surface area contributed by atoms with E-state index in [-0.39, 0.29) is 6.61 Å². The molecule has 5 nitrogen and oxygen atoms in total. The summed E-state index contributed by atoms with van der Waals surface area (Å²) in [7, 11) is 0. The van der Waals surface area contributed by atoms with Crippen molar-refractivity contribution in [3.8, 4) is 22.6 Å². The molecule has 1 aliphatic rings. The van der Waals surface area contributed by atoms with Gasteiger partial charge in [0.15, 0.2) is 12.4 Å². The van der Waals surface area contributed by atoms with Gasteiger partial charge in [0.2, 0.25) is 0 Å². The number of hydrogen-bond acceptors (Lipinski definition) is 4. The predicted molar refractivity (Wildman–Crippen MR) is 76.9 cm³/mol. The molecule has 2 heterocycles. The van der Waals surface area contributed by atoms with E-state index < -0.39 is 5.76 Å². The van der Waals surface area contributed by atoms with Crippen molar-refractivity contribution in [2.45, 2.75) is 6.61 Å². The van der Waals surface area contributed by atoms with Gasteiger partial charge in [0, 0.05) is 5.02 Å². The molecule has 104 valence electrons. The quantitative estimate of drug-likeness (QED) is 0.693. The number of halogens is 1.